The largest absolute Gasteiger partial charge is 0.352 e. The van der Waals surface area contributed by atoms with E-state index in [1.54, 1.807) is 48.5 Å². The van der Waals surface area contributed by atoms with Crippen molar-refractivity contribution in [3.05, 3.63) is 140 Å². The molecule has 0 bridgehead atoms. The van der Waals surface area contributed by atoms with Crippen LogP contribution in [0.5, 0.6) is 0 Å². The summed E-state index contributed by atoms with van der Waals surface area (Å²) in [5.74, 6) is -1.37. The zero-order valence-corrected chi connectivity index (χ0v) is 22.9. The SMILES string of the molecule is O=C(c1ccc(Cl)cc1)C1C(c2ccc(Br)cc2)C2(C(=O)c3ccccc3C2=O)C2C=Cc3ccccc3N12. The Morgan fingerprint density at radius 1 is 0.795 bits per heavy atom. The number of halogens is 2. The zero-order valence-electron chi connectivity index (χ0n) is 20.6. The topological polar surface area (TPSA) is 54.5 Å². The lowest BCUT2D eigenvalue weighted by molar-refractivity contribution is 0.0666. The Morgan fingerprint density at radius 2 is 1.41 bits per heavy atom. The molecule has 3 unspecified atom stereocenters. The van der Waals surface area contributed by atoms with Crippen LogP contribution >= 0.6 is 27.5 Å². The summed E-state index contributed by atoms with van der Waals surface area (Å²) in [6.45, 7) is 0. The smallest absolute Gasteiger partial charge is 0.185 e. The van der Waals surface area contributed by atoms with Gasteiger partial charge in [-0.3, -0.25) is 14.4 Å². The van der Waals surface area contributed by atoms with E-state index in [1.807, 2.05) is 65.6 Å². The number of nitrogens with zero attached hydrogens (tertiary/aromatic N) is 1. The van der Waals surface area contributed by atoms with Gasteiger partial charge in [0.1, 0.15) is 11.5 Å². The van der Waals surface area contributed by atoms with Crippen molar-refractivity contribution in [1.29, 1.82) is 0 Å². The number of anilines is 1. The van der Waals surface area contributed by atoms with Crippen LogP contribution in [-0.4, -0.2) is 29.4 Å². The molecule has 0 N–H and O–H groups in total. The fourth-order valence-corrected chi connectivity index (χ4v) is 7.14. The third-order valence-electron chi connectivity index (χ3n) is 8.34. The Hall–Kier alpha value is -3.80. The van der Waals surface area contributed by atoms with E-state index in [2.05, 4.69) is 15.9 Å². The third kappa shape index (κ3) is 3.33. The summed E-state index contributed by atoms with van der Waals surface area (Å²) in [6.07, 6.45) is 3.90. The second-order valence-corrected chi connectivity index (χ2v) is 11.5. The number of benzene rings is 4. The lowest BCUT2D eigenvalue weighted by atomic mass is 9.64. The molecule has 2 heterocycles. The van der Waals surface area contributed by atoms with Crippen molar-refractivity contribution < 1.29 is 14.4 Å². The van der Waals surface area contributed by atoms with Crippen molar-refractivity contribution in [2.45, 2.75) is 18.0 Å². The number of carbonyl (C=O) groups excluding carboxylic acids is 3. The van der Waals surface area contributed by atoms with Gasteiger partial charge in [0.25, 0.3) is 0 Å². The number of para-hydroxylation sites is 1. The lowest BCUT2D eigenvalue weighted by Crippen LogP contribution is -2.48. The first-order valence-corrected chi connectivity index (χ1v) is 13.9. The van der Waals surface area contributed by atoms with Crippen molar-refractivity contribution >= 4 is 56.6 Å². The molecule has 1 saturated heterocycles. The monoisotopic (exact) mass is 593 g/mol. The van der Waals surface area contributed by atoms with E-state index in [0.29, 0.717) is 21.7 Å². The van der Waals surface area contributed by atoms with E-state index >= 15 is 0 Å². The van der Waals surface area contributed by atoms with E-state index in [-0.39, 0.29) is 17.3 Å². The summed E-state index contributed by atoms with van der Waals surface area (Å²) < 4.78 is 0.870. The molecule has 6 heteroatoms. The van der Waals surface area contributed by atoms with Gasteiger partial charge >= 0.3 is 0 Å². The van der Waals surface area contributed by atoms with Crippen molar-refractivity contribution in [3.63, 3.8) is 0 Å². The predicted octanol–water partition coefficient (Wildman–Crippen LogP) is 7.42. The highest BCUT2D eigenvalue weighted by molar-refractivity contribution is 9.10. The molecular weight excluding hydrogens is 574 g/mol. The first-order chi connectivity index (χ1) is 18.9. The molecular formula is C33H21BrClNO3. The van der Waals surface area contributed by atoms with Gasteiger partial charge in [0, 0.05) is 37.8 Å². The minimum Gasteiger partial charge on any atom is -0.352 e. The van der Waals surface area contributed by atoms with Gasteiger partial charge in [-0.2, -0.15) is 0 Å². The number of hydrogen-bond acceptors (Lipinski definition) is 4. The molecule has 39 heavy (non-hydrogen) atoms. The van der Waals surface area contributed by atoms with Crippen LogP contribution in [0.2, 0.25) is 5.02 Å². The summed E-state index contributed by atoms with van der Waals surface area (Å²) in [5, 5.41) is 0.527. The second-order valence-electron chi connectivity index (χ2n) is 10.2. The molecule has 190 valence electrons. The van der Waals surface area contributed by atoms with Crippen molar-refractivity contribution in [2.75, 3.05) is 4.90 Å². The molecule has 0 radical (unpaired) electrons. The second kappa shape index (κ2) is 8.87. The normalized spacial score (nSPS) is 22.1. The first kappa shape index (κ1) is 24.3. The molecule has 2 aliphatic heterocycles. The highest BCUT2D eigenvalue weighted by atomic mass is 79.9. The van der Waals surface area contributed by atoms with E-state index in [0.717, 1.165) is 21.3 Å². The Balaban J connectivity index is 1.54. The molecule has 1 spiro atoms. The van der Waals surface area contributed by atoms with Crippen molar-refractivity contribution in [3.8, 4) is 0 Å². The molecule has 0 aromatic heterocycles. The van der Waals surface area contributed by atoms with E-state index < -0.39 is 23.4 Å². The summed E-state index contributed by atoms with van der Waals surface area (Å²) in [6, 6.07) is 27.8. The van der Waals surface area contributed by atoms with Gasteiger partial charge in [-0.1, -0.05) is 94.3 Å². The average molecular weight is 595 g/mol. The fraction of sp³-hybridized carbons (Fsp3) is 0.121. The quantitative estimate of drug-likeness (QED) is 0.183. The van der Waals surface area contributed by atoms with Crippen molar-refractivity contribution in [1.82, 2.24) is 0 Å². The van der Waals surface area contributed by atoms with E-state index in [1.165, 1.54) is 0 Å². The van der Waals surface area contributed by atoms with Crippen molar-refractivity contribution in [2.24, 2.45) is 5.41 Å². The maximum absolute atomic E-state index is 14.6. The summed E-state index contributed by atoms with van der Waals surface area (Å²) in [7, 11) is 0. The average Bonchev–Trinajstić information content (AvgIpc) is 3.40. The van der Waals surface area contributed by atoms with Gasteiger partial charge in [0.2, 0.25) is 0 Å². The summed E-state index contributed by atoms with van der Waals surface area (Å²) >= 11 is 9.67. The van der Waals surface area contributed by atoms with Gasteiger partial charge in [-0.15, -0.1) is 0 Å². The minimum atomic E-state index is -1.51. The summed E-state index contributed by atoms with van der Waals surface area (Å²) in [4.78, 5) is 45.7. The maximum atomic E-state index is 14.6. The Kier molecular flexibility index (Phi) is 5.51. The molecule has 0 amide bonds. The molecule has 3 atom stereocenters. The van der Waals surface area contributed by atoms with Crippen LogP contribution in [0, 0.1) is 5.41 Å². The fourth-order valence-electron chi connectivity index (χ4n) is 6.75. The van der Waals surface area contributed by atoms with Gasteiger partial charge in [-0.25, -0.2) is 0 Å². The molecule has 1 aliphatic carbocycles. The van der Waals surface area contributed by atoms with Gasteiger partial charge in [0.05, 0.1) is 6.04 Å². The van der Waals surface area contributed by atoms with Crippen LogP contribution < -0.4 is 4.90 Å². The Morgan fingerprint density at radius 3 is 2.08 bits per heavy atom. The molecule has 3 aliphatic rings. The number of rotatable bonds is 3. The van der Waals surface area contributed by atoms with Crippen LogP contribution in [0.15, 0.2) is 108 Å². The summed E-state index contributed by atoms with van der Waals surface area (Å²) in [5.41, 5.74) is 2.32. The zero-order chi connectivity index (χ0) is 26.9. The molecule has 7 rings (SSSR count). The maximum Gasteiger partial charge on any atom is 0.185 e. The predicted molar refractivity (Wildman–Crippen MR) is 156 cm³/mol. The lowest BCUT2D eigenvalue weighted by Gasteiger charge is -2.37. The van der Waals surface area contributed by atoms with Crippen LogP contribution in [0.4, 0.5) is 5.69 Å². The number of carbonyl (C=O) groups is 3. The van der Waals surface area contributed by atoms with E-state index in [4.69, 9.17) is 11.6 Å². The van der Waals surface area contributed by atoms with Crippen LogP contribution in [0.3, 0.4) is 0 Å². The van der Waals surface area contributed by atoms with Crippen LogP contribution in [0.1, 0.15) is 48.1 Å². The molecule has 4 nitrogen and oxygen atoms in total. The standard InChI is InChI=1S/C33H21BrClNO3/c34-22-14-9-20(10-15-22)28-29(30(37)21-11-16-23(35)17-12-21)36-26-8-4-1-5-19(26)13-18-27(36)33(28)31(38)24-6-2-3-7-25(24)32(33)39/h1-18,27-29H. The van der Waals surface area contributed by atoms with E-state index in [9.17, 15) is 14.4 Å². The van der Waals surface area contributed by atoms with Gasteiger partial charge in [0.15, 0.2) is 17.3 Å². The third-order valence-corrected chi connectivity index (χ3v) is 9.12. The van der Waals surface area contributed by atoms with Gasteiger partial charge < -0.3 is 4.90 Å². The highest BCUT2D eigenvalue weighted by Gasteiger charge is 2.71. The highest BCUT2D eigenvalue weighted by Crippen LogP contribution is 2.61. The van der Waals surface area contributed by atoms with Crippen LogP contribution in [-0.2, 0) is 0 Å². The van der Waals surface area contributed by atoms with Crippen LogP contribution in [0.25, 0.3) is 6.08 Å². The molecule has 4 aromatic carbocycles. The minimum absolute atomic E-state index is 0.164. The first-order valence-electron chi connectivity index (χ1n) is 12.7. The number of hydrogen-bond donors (Lipinski definition) is 0. The molecule has 1 fully saturated rings. The number of fused-ring (bicyclic) bond motifs is 5. The Labute approximate surface area is 239 Å². The number of Topliss-reactive ketones (excluding diaryl/α,β-unsaturated/α-hetero) is 3. The van der Waals surface area contributed by atoms with Gasteiger partial charge in [-0.05, 0) is 53.6 Å². The molecule has 0 saturated carbocycles. The molecule has 4 aromatic rings. The Bertz CT molecular complexity index is 1670. The number of ketones is 3.